The van der Waals surface area contributed by atoms with Crippen LogP contribution in [0.5, 0.6) is 0 Å². The molecule has 0 aliphatic heterocycles. The molecule has 0 unspecified atom stereocenters. The normalized spacial score (nSPS) is 10.0. The van der Waals surface area contributed by atoms with Crippen LogP contribution in [0.15, 0.2) is 42.9 Å². The van der Waals surface area contributed by atoms with Gasteiger partial charge in [-0.25, -0.2) is 0 Å². The minimum Gasteiger partial charge on any atom is -0.397 e. The number of nitrogens with zero attached hydrogens (tertiary/aromatic N) is 2. The van der Waals surface area contributed by atoms with Crippen molar-refractivity contribution in [2.45, 2.75) is 13.0 Å². The van der Waals surface area contributed by atoms with E-state index < -0.39 is 0 Å². The Kier molecular flexibility index (Phi) is 3.86. The number of amides is 1. The number of anilines is 1. The molecular weight excluding hydrogens is 228 g/mol. The first kappa shape index (κ1) is 12.0. The lowest BCUT2D eigenvalue weighted by atomic mass is 10.2. The number of carbonyl (C=O) groups excluding carboxylic acids is 1. The van der Waals surface area contributed by atoms with E-state index in [4.69, 9.17) is 5.73 Å². The number of nitrogen functional groups attached to an aromatic ring is 1. The fourth-order valence-electron chi connectivity index (χ4n) is 1.47. The van der Waals surface area contributed by atoms with Crippen LogP contribution in [-0.4, -0.2) is 15.9 Å². The van der Waals surface area contributed by atoms with E-state index in [2.05, 4.69) is 15.3 Å². The second kappa shape index (κ2) is 5.77. The molecule has 0 aliphatic carbocycles. The van der Waals surface area contributed by atoms with Crippen molar-refractivity contribution >= 4 is 11.6 Å². The van der Waals surface area contributed by atoms with Gasteiger partial charge >= 0.3 is 0 Å². The maximum absolute atomic E-state index is 11.7. The third-order valence-corrected chi connectivity index (χ3v) is 2.43. The second-order valence-corrected chi connectivity index (χ2v) is 3.89. The molecule has 2 rings (SSSR count). The molecule has 5 heteroatoms. The largest absolute Gasteiger partial charge is 0.397 e. The van der Waals surface area contributed by atoms with Crippen LogP contribution in [0, 0.1) is 0 Å². The summed E-state index contributed by atoms with van der Waals surface area (Å²) in [4.78, 5) is 19.7. The van der Waals surface area contributed by atoms with Crippen LogP contribution in [0.4, 0.5) is 5.69 Å². The number of carbonyl (C=O) groups is 1. The van der Waals surface area contributed by atoms with Crippen LogP contribution in [0.1, 0.15) is 11.3 Å². The van der Waals surface area contributed by atoms with Crippen LogP contribution >= 0.6 is 0 Å². The predicted octanol–water partition coefficient (Wildman–Crippen LogP) is 0.918. The molecule has 0 atom stereocenters. The molecule has 0 bridgehead atoms. The lowest BCUT2D eigenvalue weighted by Crippen LogP contribution is -2.24. The van der Waals surface area contributed by atoms with E-state index in [9.17, 15) is 4.79 Å². The van der Waals surface area contributed by atoms with Gasteiger partial charge in [0.15, 0.2) is 0 Å². The van der Waals surface area contributed by atoms with Gasteiger partial charge in [-0.15, -0.1) is 0 Å². The zero-order chi connectivity index (χ0) is 12.8. The summed E-state index contributed by atoms with van der Waals surface area (Å²) in [7, 11) is 0. The summed E-state index contributed by atoms with van der Waals surface area (Å²) >= 11 is 0. The molecule has 2 aromatic heterocycles. The fraction of sp³-hybridized carbons (Fsp3) is 0.154. The monoisotopic (exact) mass is 242 g/mol. The quantitative estimate of drug-likeness (QED) is 0.835. The SMILES string of the molecule is Nc1ccc(CC(=O)NCc2ccncc2)nc1. The summed E-state index contributed by atoms with van der Waals surface area (Å²) in [5.41, 5.74) is 7.84. The molecule has 0 aromatic carbocycles. The van der Waals surface area contributed by atoms with Gasteiger partial charge in [0.25, 0.3) is 0 Å². The van der Waals surface area contributed by atoms with Crippen LogP contribution in [-0.2, 0) is 17.8 Å². The highest BCUT2D eigenvalue weighted by Gasteiger charge is 2.04. The molecule has 0 fully saturated rings. The Morgan fingerprint density at radius 1 is 1.22 bits per heavy atom. The Labute approximate surface area is 105 Å². The van der Waals surface area contributed by atoms with Crippen molar-refractivity contribution < 1.29 is 4.79 Å². The van der Waals surface area contributed by atoms with Gasteiger partial charge in [0.05, 0.1) is 18.3 Å². The van der Waals surface area contributed by atoms with E-state index in [0.29, 0.717) is 17.9 Å². The average Bonchev–Trinajstić information content (AvgIpc) is 2.40. The van der Waals surface area contributed by atoms with Gasteiger partial charge in [-0.05, 0) is 29.8 Å². The first-order chi connectivity index (χ1) is 8.74. The van der Waals surface area contributed by atoms with Crippen molar-refractivity contribution in [1.82, 2.24) is 15.3 Å². The highest BCUT2D eigenvalue weighted by Crippen LogP contribution is 2.02. The Morgan fingerprint density at radius 2 is 2.00 bits per heavy atom. The third-order valence-electron chi connectivity index (χ3n) is 2.43. The minimum absolute atomic E-state index is 0.0657. The molecule has 3 N–H and O–H groups in total. The summed E-state index contributed by atoms with van der Waals surface area (Å²) in [6, 6.07) is 7.21. The molecule has 0 saturated heterocycles. The van der Waals surface area contributed by atoms with Crippen LogP contribution < -0.4 is 11.1 Å². The van der Waals surface area contributed by atoms with Gasteiger partial charge < -0.3 is 11.1 Å². The van der Waals surface area contributed by atoms with Gasteiger partial charge in [0.2, 0.25) is 5.91 Å². The molecule has 1 amide bonds. The van der Waals surface area contributed by atoms with Gasteiger partial charge in [0.1, 0.15) is 0 Å². The average molecular weight is 242 g/mol. The maximum Gasteiger partial charge on any atom is 0.226 e. The van der Waals surface area contributed by atoms with Crippen molar-refractivity contribution in [3.63, 3.8) is 0 Å². The summed E-state index contributed by atoms with van der Waals surface area (Å²) in [5, 5.41) is 2.82. The summed E-state index contributed by atoms with van der Waals surface area (Å²) in [6.07, 6.45) is 5.20. The van der Waals surface area contributed by atoms with Gasteiger partial charge in [-0.1, -0.05) is 0 Å². The van der Waals surface area contributed by atoms with Crippen LogP contribution in [0.3, 0.4) is 0 Å². The summed E-state index contributed by atoms with van der Waals surface area (Å²) in [5.74, 6) is -0.0657. The fourth-order valence-corrected chi connectivity index (χ4v) is 1.47. The Morgan fingerprint density at radius 3 is 2.67 bits per heavy atom. The third kappa shape index (κ3) is 3.55. The summed E-state index contributed by atoms with van der Waals surface area (Å²) < 4.78 is 0. The van der Waals surface area contributed by atoms with Gasteiger partial charge in [0, 0.05) is 24.6 Å². The highest BCUT2D eigenvalue weighted by atomic mass is 16.1. The number of aromatic nitrogens is 2. The smallest absolute Gasteiger partial charge is 0.226 e. The van der Waals surface area contributed by atoms with Crippen LogP contribution in [0.25, 0.3) is 0 Å². The molecule has 0 aliphatic rings. The summed E-state index contributed by atoms with van der Waals surface area (Å²) in [6.45, 7) is 0.496. The number of nitrogens with two attached hydrogens (primary N) is 1. The number of hydrogen-bond donors (Lipinski definition) is 2. The second-order valence-electron chi connectivity index (χ2n) is 3.89. The van der Waals surface area contributed by atoms with Crippen molar-refractivity contribution in [2.75, 3.05) is 5.73 Å². The Bertz CT molecular complexity index is 510. The molecular formula is C13H14N4O. The lowest BCUT2D eigenvalue weighted by Gasteiger charge is -2.05. The first-order valence-electron chi connectivity index (χ1n) is 5.60. The van der Waals surface area contributed by atoms with E-state index in [1.807, 2.05) is 12.1 Å². The molecule has 2 aromatic rings. The minimum atomic E-state index is -0.0657. The molecule has 0 radical (unpaired) electrons. The molecule has 2 heterocycles. The molecule has 5 nitrogen and oxygen atoms in total. The Hall–Kier alpha value is -2.43. The van der Waals surface area contributed by atoms with Crippen molar-refractivity contribution in [1.29, 1.82) is 0 Å². The number of pyridine rings is 2. The van der Waals surface area contributed by atoms with E-state index in [0.717, 1.165) is 5.56 Å². The zero-order valence-corrected chi connectivity index (χ0v) is 9.84. The topological polar surface area (TPSA) is 80.9 Å². The van der Waals surface area contributed by atoms with Crippen molar-refractivity contribution in [3.8, 4) is 0 Å². The van der Waals surface area contributed by atoms with E-state index >= 15 is 0 Å². The van der Waals surface area contributed by atoms with Crippen molar-refractivity contribution in [2.24, 2.45) is 0 Å². The predicted molar refractivity (Wildman–Crippen MR) is 68.4 cm³/mol. The Balaban J connectivity index is 1.84. The number of hydrogen-bond acceptors (Lipinski definition) is 4. The first-order valence-corrected chi connectivity index (χ1v) is 5.60. The molecule has 92 valence electrons. The maximum atomic E-state index is 11.7. The number of rotatable bonds is 4. The highest BCUT2D eigenvalue weighted by molar-refractivity contribution is 5.78. The standard InChI is InChI=1S/C13H14N4O/c14-11-1-2-12(16-9-11)7-13(18)17-8-10-3-5-15-6-4-10/h1-6,9H,7-8,14H2,(H,17,18). The van der Waals surface area contributed by atoms with Crippen LogP contribution in [0.2, 0.25) is 0 Å². The van der Waals surface area contributed by atoms with E-state index in [1.54, 1.807) is 30.7 Å². The lowest BCUT2D eigenvalue weighted by molar-refractivity contribution is -0.120. The molecule has 0 saturated carbocycles. The van der Waals surface area contributed by atoms with Gasteiger partial charge in [-0.3, -0.25) is 14.8 Å². The zero-order valence-electron chi connectivity index (χ0n) is 9.84. The van der Waals surface area contributed by atoms with Crippen molar-refractivity contribution in [3.05, 3.63) is 54.1 Å². The van der Waals surface area contributed by atoms with Gasteiger partial charge in [-0.2, -0.15) is 0 Å². The number of nitrogens with one attached hydrogen (secondary N) is 1. The van der Waals surface area contributed by atoms with E-state index in [1.165, 1.54) is 0 Å². The molecule has 0 spiro atoms. The molecule has 18 heavy (non-hydrogen) atoms. The van der Waals surface area contributed by atoms with E-state index in [-0.39, 0.29) is 12.3 Å².